The fourth-order valence-electron chi connectivity index (χ4n) is 3.25. The van der Waals surface area contributed by atoms with Crippen LogP contribution in [-0.4, -0.2) is 53.6 Å². The molecule has 2 N–H and O–H groups in total. The van der Waals surface area contributed by atoms with Crippen LogP contribution < -0.4 is 10.6 Å². The van der Waals surface area contributed by atoms with Crippen molar-refractivity contribution in [1.82, 2.24) is 20.2 Å². The van der Waals surface area contributed by atoms with Crippen LogP contribution in [0.1, 0.15) is 35.6 Å². The highest BCUT2D eigenvalue weighted by Crippen LogP contribution is 2.42. The molecule has 2 aliphatic rings. The predicted molar refractivity (Wildman–Crippen MR) is 84.4 cm³/mol. The Kier molecular flexibility index (Phi) is 5.03. The Morgan fingerprint density at radius 3 is 2.88 bits per heavy atom. The number of aryl methyl sites for hydroxylation is 1. The molecule has 7 nitrogen and oxygen atoms in total. The number of imidazole rings is 1. The number of ether oxygens (including phenoxy) is 1. The molecule has 3 rings (SSSR count). The van der Waals surface area contributed by atoms with Crippen molar-refractivity contribution < 1.29 is 23.1 Å². The highest BCUT2D eigenvalue weighted by atomic mass is 19.3. The Hall–Kier alpha value is -2.03. The largest absolute Gasteiger partial charge is 0.383 e. The van der Waals surface area contributed by atoms with E-state index in [0.717, 1.165) is 5.82 Å². The number of hydrogen-bond donors (Lipinski definition) is 2. The van der Waals surface area contributed by atoms with Gasteiger partial charge in [-0.2, -0.15) is 0 Å². The van der Waals surface area contributed by atoms with Crippen LogP contribution in [0.2, 0.25) is 0 Å². The smallest absolute Gasteiger partial charge is 0.269 e. The molecule has 9 heteroatoms. The van der Waals surface area contributed by atoms with Crippen molar-refractivity contribution in [3.63, 3.8) is 0 Å². The summed E-state index contributed by atoms with van der Waals surface area (Å²) < 4.78 is 32.5. The average molecular weight is 356 g/mol. The first-order valence-corrected chi connectivity index (χ1v) is 8.39. The minimum Gasteiger partial charge on any atom is -0.383 e. The lowest BCUT2D eigenvalue weighted by Gasteiger charge is -2.35. The minimum absolute atomic E-state index is 0.186. The van der Waals surface area contributed by atoms with Gasteiger partial charge in [0, 0.05) is 51.4 Å². The molecule has 0 saturated heterocycles. The quantitative estimate of drug-likeness (QED) is 0.736. The van der Waals surface area contributed by atoms with Gasteiger partial charge in [0.2, 0.25) is 11.8 Å². The normalized spacial score (nSPS) is 22.0. The third-order valence-electron chi connectivity index (χ3n) is 4.69. The number of carbonyl (C=O) groups is 2. The van der Waals surface area contributed by atoms with Crippen LogP contribution in [0.3, 0.4) is 0 Å². The Morgan fingerprint density at radius 2 is 2.20 bits per heavy atom. The summed E-state index contributed by atoms with van der Waals surface area (Å²) in [5.41, 5.74) is 0.431. The van der Waals surface area contributed by atoms with Crippen LogP contribution in [-0.2, 0) is 22.5 Å². The third-order valence-corrected chi connectivity index (χ3v) is 4.69. The van der Waals surface area contributed by atoms with Gasteiger partial charge < -0.3 is 19.9 Å². The van der Waals surface area contributed by atoms with E-state index in [-0.39, 0.29) is 30.7 Å². The fourth-order valence-corrected chi connectivity index (χ4v) is 3.25. The van der Waals surface area contributed by atoms with Gasteiger partial charge in [0.05, 0.1) is 12.8 Å². The second-order valence-corrected chi connectivity index (χ2v) is 6.62. The van der Waals surface area contributed by atoms with Crippen molar-refractivity contribution in [2.45, 2.75) is 44.2 Å². The Labute approximate surface area is 144 Å². The first kappa shape index (κ1) is 17.8. The summed E-state index contributed by atoms with van der Waals surface area (Å²) >= 11 is 0. The average Bonchev–Trinajstić information content (AvgIpc) is 2.96. The molecular weight excluding hydrogens is 334 g/mol. The molecule has 0 aromatic carbocycles. The summed E-state index contributed by atoms with van der Waals surface area (Å²) in [4.78, 5) is 28.5. The fraction of sp³-hybridized carbons (Fsp3) is 0.688. The van der Waals surface area contributed by atoms with Gasteiger partial charge in [0.1, 0.15) is 11.5 Å². The van der Waals surface area contributed by atoms with Crippen LogP contribution in [0.25, 0.3) is 0 Å². The molecule has 1 aromatic heterocycles. The number of halogens is 2. The maximum absolute atomic E-state index is 12.9. The lowest BCUT2D eigenvalue weighted by atomic mass is 9.80. The SMILES string of the molecule is COCCNC(=O)c1cnc2n1CC(NC(=O)C1CC(F)(F)C1)CC2. The van der Waals surface area contributed by atoms with Crippen LogP contribution in [0.4, 0.5) is 8.78 Å². The van der Waals surface area contributed by atoms with Crippen molar-refractivity contribution in [2.24, 2.45) is 5.92 Å². The molecule has 0 spiro atoms. The van der Waals surface area contributed by atoms with Crippen LogP contribution in [0, 0.1) is 5.92 Å². The number of nitrogens with one attached hydrogen (secondary N) is 2. The molecule has 2 amide bonds. The highest BCUT2D eigenvalue weighted by molar-refractivity contribution is 5.92. The topological polar surface area (TPSA) is 85.2 Å². The van der Waals surface area contributed by atoms with Crippen LogP contribution >= 0.6 is 0 Å². The van der Waals surface area contributed by atoms with Gasteiger partial charge >= 0.3 is 0 Å². The molecule has 1 aromatic rings. The number of amides is 2. The lowest BCUT2D eigenvalue weighted by molar-refractivity contribution is -0.151. The molecule has 1 aliphatic heterocycles. The van der Waals surface area contributed by atoms with Gasteiger partial charge in [-0.3, -0.25) is 9.59 Å². The van der Waals surface area contributed by atoms with Crippen LogP contribution in [0.15, 0.2) is 6.20 Å². The van der Waals surface area contributed by atoms with Gasteiger partial charge in [-0.05, 0) is 6.42 Å². The zero-order chi connectivity index (χ0) is 18.0. The molecule has 1 atom stereocenters. The lowest BCUT2D eigenvalue weighted by Crippen LogP contribution is -2.50. The second-order valence-electron chi connectivity index (χ2n) is 6.62. The standard InChI is InChI=1S/C16H22F2N4O3/c1-25-5-4-19-15(24)12-8-20-13-3-2-11(9-22(12)13)21-14(23)10-6-16(17,18)7-10/h8,10-11H,2-7,9H2,1H3,(H,19,24)(H,21,23). The summed E-state index contributed by atoms with van der Waals surface area (Å²) in [6, 6.07) is -0.186. The van der Waals surface area contributed by atoms with E-state index in [1.165, 1.54) is 6.20 Å². The number of carbonyl (C=O) groups excluding carboxylic acids is 2. The maximum Gasteiger partial charge on any atom is 0.269 e. The van der Waals surface area contributed by atoms with E-state index in [9.17, 15) is 18.4 Å². The van der Waals surface area contributed by atoms with Crippen molar-refractivity contribution in [2.75, 3.05) is 20.3 Å². The summed E-state index contributed by atoms with van der Waals surface area (Å²) in [5, 5.41) is 5.58. The zero-order valence-corrected chi connectivity index (χ0v) is 14.1. The Balaban J connectivity index is 1.58. The summed E-state index contributed by atoms with van der Waals surface area (Å²) in [6.45, 7) is 1.22. The van der Waals surface area contributed by atoms with Crippen molar-refractivity contribution in [3.05, 3.63) is 17.7 Å². The van der Waals surface area contributed by atoms with E-state index in [4.69, 9.17) is 4.74 Å². The summed E-state index contributed by atoms with van der Waals surface area (Å²) in [5.74, 6) is -3.11. The highest BCUT2D eigenvalue weighted by Gasteiger charge is 2.49. The monoisotopic (exact) mass is 356 g/mol. The zero-order valence-electron chi connectivity index (χ0n) is 14.1. The first-order chi connectivity index (χ1) is 11.9. The predicted octanol–water partition coefficient (Wildman–Crippen LogP) is 0.736. The van der Waals surface area contributed by atoms with E-state index in [1.807, 2.05) is 0 Å². The molecule has 1 fully saturated rings. The Bertz CT molecular complexity index is 654. The molecule has 2 heterocycles. The van der Waals surface area contributed by atoms with E-state index >= 15 is 0 Å². The third kappa shape index (κ3) is 3.97. The molecule has 1 aliphatic carbocycles. The van der Waals surface area contributed by atoms with Gasteiger partial charge in [0.15, 0.2) is 0 Å². The minimum atomic E-state index is -2.71. The van der Waals surface area contributed by atoms with Gasteiger partial charge in [0.25, 0.3) is 5.91 Å². The van der Waals surface area contributed by atoms with Gasteiger partial charge in [-0.1, -0.05) is 0 Å². The number of rotatable bonds is 6. The number of methoxy groups -OCH3 is 1. The van der Waals surface area contributed by atoms with Crippen molar-refractivity contribution in [1.29, 1.82) is 0 Å². The number of nitrogens with zero attached hydrogens (tertiary/aromatic N) is 2. The van der Waals surface area contributed by atoms with Gasteiger partial charge in [-0.25, -0.2) is 13.8 Å². The second kappa shape index (κ2) is 7.07. The molecular formula is C16H22F2N4O3. The number of hydrogen-bond acceptors (Lipinski definition) is 4. The number of fused-ring (bicyclic) bond motifs is 1. The van der Waals surface area contributed by atoms with Crippen molar-refractivity contribution in [3.8, 4) is 0 Å². The number of alkyl halides is 2. The molecule has 1 unspecified atom stereocenters. The van der Waals surface area contributed by atoms with Crippen LogP contribution in [0.5, 0.6) is 0 Å². The molecule has 0 bridgehead atoms. The number of aromatic nitrogens is 2. The molecule has 25 heavy (non-hydrogen) atoms. The van der Waals surface area contributed by atoms with E-state index < -0.39 is 11.8 Å². The molecule has 1 saturated carbocycles. The Morgan fingerprint density at radius 1 is 1.44 bits per heavy atom. The van der Waals surface area contributed by atoms with E-state index in [0.29, 0.717) is 38.2 Å². The molecule has 0 radical (unpaired) electrons. The summed E-state index contributed by atoms with van der Waals surface area (Å²) in [7, 11) is 1.55. The van der Waals surface area contributed by atoms with Gasteiger partial charge in [-0.15, -0.1) is 0 Å². The maximum atomic E-state index is 12.9. The molecule has 138 valence electrons. The summed E-state index contributed by atoms with van der Waals surface area (Å²) in [6.07, 6.45) is 2.06. The first-order valence-electron chi connectivity index (χ1n) is 8.39. The van der Waals surface area contributed by atoms with E-state index in [2.05, 4.69) is 15.6 Å². The van der Waals surface area contributed by atoms with Crippen molar-refractivity contribution >= 4 is 11.8 Å². The van der Waals surface area contributed by atoms with E-state index in [1.54, 1.807) is 11.7 Å².